The lowest BCUT2D eigenvalue weighted by Crippen LogP contribution is -2.41. The monoisotopic (exact) mass is 311 g/mol. The number of fused-ring (bicyclic) bond motifs is 2. The second kappa shape index (κ2) is 6.03. The maximum atomic E-state index is 12.9. The minimum atomic E-state index is -0.881. The van der Waals surface area contributed by atoms with Crippen LogP contribution in [0.25, 0.3) is 0 Å². The highest BCUT2D eigenvalue weighted by atomic mass is 16.4. The molecule has 4 unspecified atom stereocenters. The number of allylic oxidation sites excluding steroid dienone is 3. The number of aliphatic carboxylic acids is 1. The quantitative estimate of drug-likeness (QED) is 0.790. The highest BCUT2D eigenvalue weighted by Crippen LogP contribution is 2.59. The number of para-hydroxylation sites is 1. The minimum Gasteiger partial charge on any atom is -0.481 e. The average Bonchev–Trinajstić information content (AvgIpc) is 3.10. The Kier molecular flexibility index (Phi) is 4.07. The predicted molar refractivity (Wildman–Crippen MR) is 88.8 cm³/mol. The van der Waals surface area contributed by atoms with Gasteiger partial charge in [-0.1, -0.05) is 36.4 Å². The predicted octanol–water partition coefficient (Wildman–Crippen LogP) is 3.48. The maximum Gasteiger partial charge on any atom is 0.307 e. The number of amides is 1. The molecule has 23 heavy (non-hydrogen) atoms. The van der Waals surface area contributed by atoms with Crippen LogP contribution in [0.3, 0.4) is 0 Å². The molecule has 0 aromatic heterocycles. The van der Waals surface area contributed by atoms with Crippen LogP contribution in [0.1, 0.15) is 19.3 Å². The van der Waals surface area contributed by atoms with E-state index in [1.165, 1.54) is 0 Å². The molecular formula is C19H21NO3. The highest BCUT2D eigenvalue weighted by molar-refractivity contribution is 5.96. The number of anilines is 1. The van der Waals surface area contributed by atoms with Crippen molar-refractivity contribution < 1.29 is 14.7 Å². The first-order valence-corrected chi connectivity index (χ1v) is 7.96. The van der Waals surface area contributed by atoms with Crippen molar-refractivity contribution in [1.29, 1.82) is 0 Å². The van der Waals surface area contributed by atoms with E-state index >= 15 is 0 Å². The first-order valence-electron chi connectivity index (χ1n) is 7.96. The number of carbonyl (C=O) groups is 2. The first kappa shape index (κ1) is 15.5. The van der Waals surface area contributed by atoms with Gasteiger partial charge in [0.2, 0.25) is 5.91 Å². The highest BCUT2D eigenvalue weighted by Gasteiger charge is 2.59. The number of carboxylic acid groups (broad SMARTS) is 1. The van der Waals surface area contributed by atoms with E-state index in [0.29, 0.717) is 5.69 Å². The van der Waals surface area contributed by atoms with Crippen molar-refractivity contribution in [2.75, 3.05) is 5.32 Å². The van der Waals surface area contributed by atoms with Gasteiger partial charge < -0.3 is 10.4 Å². The summed E-state index contributed by atoms with van der Waals surface area (Å²) in [5, 5.41) is 12.5. The molecule has 0 saturated heterocycles. The minimum absolute atomic E-state index is 0.0520. The van der Waals surface area contributed by atoms with E-state index in [1.54, 1.807) is 0 Å². The molecule has 2 N–H and O–H groups in total. The van der Waals surface area contributed by atoms with E-state index in [1.807, 2.05) is 42.5 Å². The summed E-state index contributed by atoms with van der Waals surface area (Å²) in [4.78, 5) is 24.6. The molecule has 4 atom stereocenters. The molecule has 2 aliphatic carbocycles. The van der Waals surface area contributed by atoms with Gasteiger partial charge in [-0.3, -0.25) is 9.59 Å². The lowest BCUT2D eigenvalue weighted by molar-refractivity contribution is -0.147. The van der Waals surface area contributed by atoms with E-state index in [9.17, 15) is 14.7 Å². The zero-order chi connectivity index (χ0) is 16.4. The summed E-state index contributed by atoms with van der Waals surface area (Å²) in [5.74, 6) is -2.31. The molecule has 0 spiro atoms. The van der Waals surface area contributed by atoms with Crippen LogP contribution in [0.5, 0.6) is 0 Å². The van der Waals surface area contributed by atoms with Crippen LogP contribution in [0, 0.1) is 23.2 Å². The standard InChI is InChI=1S/C19H21NO3/c1-2-3-10-19-11-9-13(12-19)15(18(22)23)16(19)17(21)20-14-7-5-4-6-8-14/h2,4-9,11,13,15-16H,1,3,10,12H2,(H,20,21)(H,22,23). The van der Waals surface area contributed by atoms with Gasteiger partial charge in [0.05, 0.1) is 11.8 Å². The molecule has 1 aromatic carbocycles. The van der Waals surface area contributed by atoms with E-state index < -0.39 is 17.8 Å². The number of hydrogen-bond donors (Lipinski definition) is 2. The fourth-order valence-electron chi connectivity index (χ4n) is 4.18. The largest absolute Gasteiger partial charge is 0.481 e. The van der Waals surface area contributed by atoms with Gasteiger partial charge in [-0.15, -0.1) is 6.58 Å². The van der Waals surface area contributed by atoms with Gasteiger partial charge >= 0.3 is 5.97 Å². The van der Waals surface area contributed by atoms with Crippen LogP contribution in [-0.2, 0) is 9.59 Å². The van der Waals surface area contributed by atoms with Crippen molar-refractivity contribution in [2.45, 2.75) is 19.3 Å². The molecule has 2 aliphatic rings. The molecule has 0 radical (unpaired) electrons. The van der Waals surface area contributed by atoms with Gasteiger partial charge in [-0.25, -0.2) is 0 Å². The third kappa shape index (κ3) is 2.69. The zero-order valence-corrected chi connectivity index (χ0v) is 12.9. The molecular weight excluding hydrogens is 290 g/mol. The van der Waals surface area contributed by atoms with Gasteiger partial charge in [-0.05, 0) is 37.3 Å². The number of rotatable bonds is 6. The SMILES string of the molecule is C=CCCC12C=CC(C1)C(C(=O)O)C2C(=O)Nc1ccccc1. The van der Waals surface area contributed by atoms with Gasteiger partial charge in [0.1, 0.15) is 0 Å². The van der Waals surface area contributed by atoms with Crippen molar-refractivity contribution in [3.63, 3.8) is 0 Å². The van der Waals surface area contributed by atoms with Crippen molar-refractivity contribution in [3.05, 3.63) is 55.1 Å². The van der Waals surface area contributed by atoms with Crippen LogP contribution in [0.2, 0.25) is 0 Å². The first-order chi connectivity index (χ1) is 11.1. The Balaban J connectivity index is 1.88. The van der Waals surface area contributed by atoms with Gasteiger partial charge in [0.15, 0.2) is 0 Å². The maximum absolute atomic E-state index is 12.9. The third-order valence-corrected chi connectivity index (χ3v) is 5.15. The van der Waals surface area contributed by atoms with Gasteiger partial charge in [0, 0.05) is 11.1 Å². The Hall–Kier alpha value is -2.36. The molecule has 2 bridgehead atoms. The summed E-state index contributed by atoms with van der Waals surface area (Å²) in [6.45, 7) is 3.75. The number of carboxylic acids is 1. The van der Waals surface area contributed by atoms with E-state index in [0.717, 1.165) is 19.3 Å². The molecule has 1 saturated carbocycles. The van der Waals surface area contributed by atoms with Crippen LogP contribution < -0.4 is 5.32 Å². The van der Waals surface area contributed by atoms with Crippen molar-refractivity contribution in [2.24, 2.45) is 23.2 Å². The summed E-state index contributed by atoms with van der Waals surface area (Å²) >= 11 is 0. The second-order valence-electron chi connectivity index (χ2n) is 6.48. The topological polar surface area (TPSA) is 66.4 Å². The number of nitrogens with one attached hydrogen (secondary N) is 1. The molecule has 4 heteroatoms. The lowest BCUT2D eigenvalue weighted by Gasteiger charge is -2.33. The molecule has 120 valence electrons. The van der Waals surface area contributed by atoms with Crippen LogP contribution in [0.4, 0.5) is 5.69 Å². The van der Waals surface area contributed by atoms with E-state index in [-0.39, 0.29) is 17.2 Å². The lowest BCUT2D eigenvalue weighted by atomic mass is 9.70. The second-order valence-corrected chi connectivity index (χ2v) is 6.48. The van der Waals surface area contributed by atoms with Gasteiger partial charge in [0.25, 0.3) is 0 Å². The summed E-state index contributed by atoms with van der Waals surface area (Å²) in [5.41, 5.74) is 0.341. The fraction of sp³-hybridized carbons (Fsp3) is 0.368. The van der Waals surface area contributed by atoms with Crippen LogP contribution in [0.15, 0.2) is 55.1 Å². The average molecular weight is 311 g/mol. The Morgan fingerprint density at radius 3 is 2.74 bits per heavy atom. The van der Waals surface area contributed by atoms with E-state index in [2.05, 4.69) is 18.0 Å². The zero-order valence-electron chi connectivity index (χ0n) is 12.9. The van der Waals surface area contributed by atoms with Crippen LogP contribution >= 0.6 is 0 Å². The van der Waals surface area contributed by atoms with Crippen molar-refractivity contribution >= 4 is 17.6 Å². The molecule has 1 aromatic rings. The summed E-state index contributed by atoms with van der Waals surface area (Å²) in [6, 6.07) is 9.19. The molecule has 1 fully saturated rings. The van der Waals surface area contributed by atoms with Crippen molar-refractivity contribution in [3.8, 4) is 0 Å². The Bertz CT molecular complexity index is 652. The molecule has 4 nitrogen and oxygen atoms in total. The summed E-state index contributed by atoms with van der Waals surface area (Å²) < 4.78 is 0. The van der Waals surface area contributed by atoms with Crippen molar-refractivity contribution in [1.82, 2.24) is 0 Å². The Morgan fingerprint density at radius 2 is 2.09 bits per heavy atom. The molecule has 0 heterocycles. The van der Waals surface area contributed by atoms with Crippen LogP contribution in [-0.4, -0.2) is 17.0 Å². The number of hydrogen-bond acceptors (Lipinski definition) is 2. The number of carbonyl (C=O) groups excluding carboxylic acids is 1. The molecule has 3 rings (SSSR count). The number of benzene rings is 1. The molecule has 1 amide bonds. The normalized spacial score (nSPS) is 31.0. The van der Waals surface area contributed by atoms with Gasteiger partial charge in [-0.2, -0.15) is 0 Å². The Morgan fingerprint density at radius 1 is 1.35 bits per heavy atom. The summed E-state index contributed by atoms with van der Waals surface area (Å²) in [7, 11) is 0. The van der Waals surface area contributed by atoms with E-state index in [4.69, 9.17) is 0 Å². The Labute approximate surface area is 135 Å². The fourth-order valence-corrected chi connectivity index (χ4v) is 4.18. The molecule has 0 aliphatic heterocycles. The summed E-state index contributed by atoms with van der Waals surface area (Å²) in [6.07, 6.45) is 8.16. The third-order valence-electron chi connectivity index (χ3n) is 5.15. The smallest absolute Gasteiger partial charge is 0.307 e.